The van der Waals surface area contributed by atoms with E-state index in [1.165, 1.54) is 12.1 Å². The van der Waals surface area contributed by atoms with Crippen molar-refractivity contribution in [3.8, 4) is 0 Å². The first-order valence-corrected chi connectivity index (χ1v) is 5.26. The molecule has 0 aromatic heterocycles. The number of rotatable bonds is 2. The van der Waals surface area contributed by atoms with Crippen LogP contribution in [0.25, 0.3) is 12.7 Å². The molecule has 80 valence electrons. The van der Waals surface area contributed by atoms with Gasteiger partial charge in [-0.2, -0.15) is 8.42 Å². The van der Waals surface area contributed by atoms with E-state index in [1.54, 1.807) is 0 Å². The lowest BCUT2D eigenvalue weighted by atomic mass is 10.2. The van der Waals surface area contributed by atoms with E-state index in [9.17, 15) is 13.2 Å². The zero-order chi connectivity index (χ0) is 11.6. The molecule has 0 aliphatic heterocycles. The predicted octanol–water partition coefficient (Wildman–Crippen LogP) is -0.791. The lowest BCUT2D eigenvalue weighted by molar-refractivity contribution is -0.129. The van der Waals surface area contributed by atoms with Crippen LogP contribution in [0, 0.1) is 0 Å². The summed E-state index contributed by atoms with van der Waals surface area (Å²) in [4.78, 5) is 10.00. The van der Waals surface area contributed by atoms with E-state index in [1.807, 2.05) is 0 Å². The number of hydrogen-bond acceptors (Lipinski definition) is 3. The Labute approximate surface area is 85.7 Å². The molecule has 0 saturated carbocycles. The summed E-state index contributed by atoms with van der Waals surface area (Å²) in [6, 6.07) is 3.87. The second kappa shape index (κ2) is 3.84. The van der Waals surface area contributed by atoms with Crippen LogP contribution in [0.15, 0.2) is 23.1 Å². The highest BCUT2D eigenvalue weighted by Crippen LogP contribution is 1.97. The van der Waals surface area contributed by atoms with Gasteiger partial charge in [-0.3, -0.25) is 4.55 Å². The fraction of sp³-hybridized carbons (Fsp3) is 0. The van der Waals surface area contributed by atoms with Crippen molar-refractivity contribution in [3.05, 3.63) is 28.6 Å². The normalized spacial score (nSPS) is 12.7. The van der Waals surface area contributed by atoms with Gasteiger partial charge >= 0.3 is 5.97 Å². The molecule has 0 aliphatic carbocycles. The highest BCUT2D eigenvalue weighted by atomic mass is 32.2. The molecule has 0 saturated heterocycles. The highest BCUT2D eigenvalue weighted by molar-refractivity contribution is 7.85. The zero-order valence-corrected chi connectivity index (χ0v) is 8.36. The van der Waals surface area contributed by atoms with Crippen molar-refractivity contribution in [1.29, 1.82) is 0 Å². The van der Waals surface area contributed by atoms with Gasteiger partial charge < -0.3 is 5.11 Å². The van der Waals surface area contributed by atoms with E-state index in [0.717, 1.165) is 12.1 Å². The Bertz CT molecular complexity index is 600. The van der Waals surface area contributed by atoms with Crippen molar-refractivity contribution < 1.29 is 22.9 Å². The van der Waals surface area contributed by atoms with E-state index in [2.05, 4.69) is 6.58 Å². The van der Waals surface area contributed by atoms with Gasteiger partial charge in [0.1, 0.15) is 4.90 Å². The molecule has 5 nitrogen and oxygen atoms in total. The lowest BCUT2D eigenvalue weighted by Crippen LogP contribution is -2.29. The number of aliphatic carboxylic acids is 1. The van der Waals surface area contributed by atoms with E-state index in [-0.39, 0.29) is 10.4 Å². The molecule has 0 unspecified atom stereocenters. The summed E-state index contributed by atoms with van der Waals surface area (Å²) < 4.78 is 30.5. The van der Waals surface area contributed by atoms with Crippen LogP contribution in [0.5, 0.6) is 0 Å². The molecule has 0 spiro atoms. The maximum atomic E-state index is 10.8. The van der Waals surface area contributed by atoms with Gasteiger partial charge in [0.25, 0.3) is 10.1 Å². The third-order valence-corrected chi connectivity index (χ3v) is 2.66. The third-order valence-electron chi connectivity index (χ3n) is 1.73. The van der Waals surface area contributed by atoms with Gasteiger partial charge in [-0.1, -0.05) is 18.7 Å². The fourth-order valence-electron chi connectivity index (χ4n) is 1.09. The van der Waals surface area contributed by atoms with Gasteiger partial charge in [-0.25, -0.2) is 4.79 Å². The molecule has 1 aromatic carbocycles. The SMILES string of the molecule is C=c1c(S(=O)(=O)O)ccc/c1=C\C(=O)O. The molecule has 2 N–H and O–H groups in total. The third kappa shape index (κ3) is 2.64. The Hall–Kier alpha value is -1.66. The minimum absolute atomic E-state index is 0.0394. The predicted molar refractivity (Wildman–Crippen MR) is 53.1 cm³/mol. The van der Waals surface area contributed by atoms with Crippen LogP contribution >= 0.6 is 0 Å². The Kier molecular flexibility index (Phi) is 2.92. The van der Waals surface area contributed by atoms with E-state index >= 15 is 0 Å². The van der Waals surface area contributed by atoms with Gasteiger partial charge in [-0.15, -0.1) is 0 Å². The first-order chi connectivity index (χ1) is 6.82. The quantitative estimate of drug-likeness (QED) is 0.647. The van der Waals surface area contributed by atoms with Crippen molar-refractivity contribution in [2.75, 3.05) is 0 Å². The van der Waals surface area contributed by atoms with Crippen molar-refractivity contribution in [1.82, 2.24) is 0 Å². The van der Waals surface area contributed by atoms with Crippen molar-refractivity contribution in [2.45, 2.75) is 4.90 Å². The summed E-state index contributed by atoms with van der Waals surface area (Å²) in [6.45, 7) is 3.41. The van der Waals surface area contributed by atoms with Crippen LogP contribution in [0.3, 0.4) is 0 Å². The summed E-state index contributed by atoms with van der Waals surface area (Å²) in [5, 5.41) is 8.59. The second-order valence-corrected chi connectivity index (χ2v) is 4.17. The van der Waals surface area contributed by atoms with E-state index in [0.29, 0.717) is 0 Å². The molecule has 1 aromatic rings. The summed E-state index contributed by atoms with van der Waals surface area (Å²) in [7, 11) is -4.37. The Morgan fingerprint density at radius 2 is 2.00 bits per heavy atom. The van der Waals surface area contributed by atoms with E-state index in [4.69, 9.17) is 9.66 Å². The molecule has 0 amide bonds. The standard InChI is InChI=1S/C9H8O5S/c1-6-7(5-9(10)11)3-2-4-8(6)15(12,13)14/h2-5H,1H2,(H,10,11)(H,12,13,14)/b7-5+. The van der Waals surface area contributed by atoms with Crippen molar-refractivity contribution >= 4 is 28.7 Å². The molecule has 0 fully saturated rings. The summed E-state index contributed by atoms with van der Waals surface area (Å²) in [5.74, 6) is -1.22. The number of carbonyl (C=O) groups is 1. The van der Waals surface area contributed by atoms with Gasteiger partial charge in [0.15, 0.2) is 0 Å². The van der Waals surface area contributed by atoms with Crippen LogP contribution in [0.2, 0.25) is 0 Å². The largest absolute Gasteiger partial charge is 0.478 e. The zero-order valence-electron chi connectivity index (χ0n) is 7.54. The maximum absolute atomic E-state index is 10.8. The smallest absolute Gasteiger partial charge is 0.328 e. The first kappa shape index (κ1) is 11.4. The summed E-state index contributed by atoms with van der Waals surface area (Å²) >= 11 is 0. The molecule has 0 aliphatic rings. The Morgan fingerprint density at radius 1 is 1.40 bits per heavy atom. The summed E-state index contributed by atoms with van der Waals surface area (Å²) in [6.07, 6.45) is 0.816. The van der Waals surface area contributed by atoms with Gasteiger partial charge in [0, 0.05) is 6.08 Å². The molecular formula is C9H8O5S. The van der Waals surface area contributed by atoms with Gasteiger partial charge in [0.2, 0.25) is 0 Å². The number of carboxylic acids is 1. The molecule has 6 heteroatoms. The average Bonchev–Trinajstić information content (AvgIpc) is 2.05. The topological polar surface area (TPSA) is 91.7 Å². The van der Waals surface area contributed by atoms with Crippen molar-refractivity contribution in [2.24, 2.45) is 0 Å². The van der Waals surface area contributed by atoms with Gasteiger partial charge in [-0.05, 0) is 16.5 Å². The highest BCUT2D eigenvalue weighted by Gasteiger charge is 2.10. The maximum Gasteiger partial charge on any atom is 0.328 e. The molecular weight excluding hydrogens is 220 g/mol. The Morgan fingerprint density at radius 3 is 2.47 bits per heavy atom. The van der Waals surface area contributed by atoms with Crippen LogP contribution in [0.4, 0.5) is 0 Å². The minimum Gasteiger partial charge on any atom is -0.478 e. The molecule has 0 bridgehead atoms. The second-order valence-electron chi connectivity index (χ2n) is 2.78. The average molecular weight is 228 g/mol. The Balaban J connectivity index is 3.66. The fourth-order valence-corrected chi connectivity index (χ4v) is 1.77. The monoisotopic (exact) mass is 228 g/mol. The summed E-state index contributed by atoms with van der Waals surface area (Å²) in [5.41, 5.74) is 0. The van der Waals surface area contributed by atoms with Crippen LogP contribution in [0.1, 0.15) is 0 Å². The molecule has 0 radical (unpaired) electrons. The minimum atomic E-state index is -4.37. The number of hydrogen-bond donors (Lipinski definition) is 2. The number of benzene rings is 1. The molecule has 1 rings (SSSR count). The molecule has 15 heavy (non-hydrogen) atoms. The van der Waals surface area contributed by atoms with Crippen LogP contribution in [-0.4, -0.2) is 24.0 Å². The molecule has 0 atom stereocenters. The van der Waals surface area contributed by atoms with Gasteiger partial charge in [0.05, 0.1) is 0 Å². The van der Waals surface area contributed by atoms with Crippen LogP contribution in [-0.2, 0) is 14.9 Å². The van der Waals surface area contributed by atoms with E-state index < -0.39 is 21.0 Å². The lowest BCUT2D eigenvalue weighted by Gasteiger charge is -1.97. The van der Waals surface area contributed by atoms with Crippen LogP contribution < -0.4 is 10.4 Å². The number of carboxylic acid groups (broad SMARTS) is 1. The first-order valence-electron chi connectivity index (χ1n) is 3.82. The van der Waals surface area contributed by atoms with Crippen molar-refractivity contribution in [3.63, 3.8) is 0 Å². The molecule has 0 heterocycles.